The summed E-state index contributed by atoms with van der Waals surface area (Å²) in [4.78, 5) is 41.4. The second-order valence-corrected chi connectivity index (χ2v) is 20.2. The minimum atomic E-state index is -0.750. The van der Waals surface area contributed by atoms with Gasteiger partial charge >= 0.3 is 5.97 Å². The summed E-state index contributed by atoms with van der Waals surface area (Å²) in [6.07, 6.45) is 13.9. The third kappa shape index (κ3) is 6.64. The molecule has 0 aromatic heterocycles. The molecule has 5 saturated carbocycles. The number of rotatable bonds is 13. The molecule has 0 radical (unpaired) electrons. The number of aliphatic hydroxyl groups excluding tert-OH is 2. The SMILES string of the molecule is C=C(C)[C@@H]1CC[C@]2(C(=O)N[C@@H](CCSC)C(=O)N[C@@H](CCSC)C(=O)OC)CC[C@]3(C)[C@H](CC[C@@H]4[C@@]5(C)CC[C@H](O)[C@@](C)(CO)[C@@H]5CC[C@]43C)[C@@H]12. The number of ether oxygens (including phenoxy) is 1. The molecule has 0 heterocycles. The first-order chi connectivity index (χ1) is 24.0. The van der Waals surface area contributed by atoms with Gasteiger partial charge in [-0.25, -0.2) is 4.79 Å². The van der Waals surface area contributed by atoms with Gasteiger partial charge in [0.15, 0.2) is 0 Å². The molecule has 5 aliphatic carbocycles. The van der Waals surface area contributed by atoms with Gasteiger partial charge in [0.05, 0.1) is 25.2 Å². The Balaban J connectivity index is 1.45. The van der Waals surface area contributed by atoms with Crippen LogP contribution in [0.2, 0.25) is 0 Å². The molecule has 0 aromatic rings. The Hall–Kier alpha value is -1.23. The van der Waals surface area contributed by atoms with Crippen LogP contribution < -0.4 is 10.6 Å². The molecule has 0 unspecified atom stereocenters. The zero-order chi connectivity index (χ0) is 37.6. The molecule has 4 N–H and O–H groups in total. The fourth-order valence-electron chi connectivity index (χ4n) is 13.3. The van der Waals surface area contributed by atoms with Crippen LogP contribution in [0.3, 0.4) is 0 Å². The van der Waals surface area contributed by atoms with E-state index in [4.69, 9.17) is 4.74 Å². The minimum Gasteiger partial charge on any atom is -0.467 e. The molecule has 0 saturated heterocycles. The predicted octanol–water partition coefficient (Wildman–Crippen LogP) is 6.63. The number of fused-ring (bicyclic) bond motifs is 7. The maximum atomic E-state index is 14.9. The second-order valence-electron chi connectivity index (χ2n) is 18.2. The monoisotopic (exact) mass is 748 g/mol. The van der Waals surface area contributed by atoms with Crippen molar-refractivity contribution in [2.45, 2.75) is 130 Å². The molecule has 10 heteroatoms. The van der Waals surface area contributed by atoms with Gasteiger partial charge in [0.2, 0.25) is 11.8 Å². The number of methoxy groups -OCH3 is 1. The summed E-state index contributed by atoms with van der Waals surface area (Å²) in [6, 6.07) is -1.48. The van der Waals surface area contributed by atoms with Crippen LogP contribution in [0.5, 0.6) is 0 Å². The smallest absolute Gasteiger partial charge is 0.328 e. The van der Waals surface area contributed by atoms with E-state index in [0.717, 1.165) is 69.8 Å². The summed E-state index contributed by atoms with van der Waals surface area (Å²) >= 11 is 3.25. The second kappa shape index (κ2) is 15.5. The Labute approximate surface area is 316 Å². The molecular formula is C41H68N2O6S2. The van der Waals surface area contributed by atoms with Crippen molar-refractivity contribution in [2.75, 3.05) is 37.7 Å². The number of amides is 2. The molecule has 5 fully saturated rings. The summed E-state index contributed by atoms with van der Waals surface area (Å²) in [5, 5.41) is 28.0. The fraction of sp³-hybridized carbons (Fsp3) is 0.878. The number of carbonyl (C=O) groups excluding carboxylic acids is 3. The largest absolute Gasteiger partial charge is 0.467 e. The minimum absolute atomic E-state index is 0.00112. The highest BCUT2D eigenvalue weighted by Gasteiger charge is 2.72. The van der Waals surface area contributed by atoms with E-state index in [2.05, 4.69) is 51.8 Å². The van der Waals surface area contributed by atoms with Gasteiger partial charge in [0, 0.05) is 5.41 Å². The number of thioether (sulfide) groups is 2. The van der Waals surface area contributed by atoms with Crippen molar-refractivity contribution in [3.8, 4) is 0 Å². The van der Waals surface area contributed by atoms with Crippen LogP contribution in [0.4, 0.5) is 0 Å². The van der Waals surface area contributed by atoms with Crippen molar-refractivity contribution in [3.05, 3.63) is 12.2 Å². The lowest BCUT2D eigenvalue weighted by Crippen LogP contribution is -2.68. The van der Waals surface area contributed by atoms with Gasteiger partial charge < -0.3 is 25.6 Å². The van der Waals surface area contributed by atoms with Gasteiger partial charge in [-0.2, -0.15) is 23.5 Å². The molecule has 0 bridgehead atoms. The average molecular weight is 749 g/mol. The normalized spacial score (nSPS) is 42.6. The predicted molar refractivity (Wildman–Crippen MR) is 208 cm³/mol. The number of hydrogen-bond acceptors (Lipinski definition) is 8. The van der Waals surface area contributed by atoms with E-state index in [0.29, 0.717) is 36.2 Å². The Bertz CT molecular complexity index is 1330. The zero-order valence-corrected chi connectivity index (χ0v) is 34.4. The summed E-state index contributed by atoms with van der Waals surface area (Å²) in [5.41, 5.74) is 0.263. The molecule has 51 heavy (non-hydrogen) atoms. The number of esters is 1. The van der Waals surface area contributed by atoms with Crippen LogP contribution >= 0.6 is 23.5 Å². The van der Waals surface area contributed by atoms with Crippen LogP contribution in [-0.2, 0) is 19.1 Å². The Morgan fingerprint density at radius 1 is 0.843 bits per heavy atom. The molecule has 2 amide bonds. The Kier molecular flexibility index (Phi) is 12.4. The molecule has 0 aliphatic heterocycles. The van der Waals surface area contributed by atoms with E-state index in [9.17, 15) is 24.6 Å². The highest BCUT2D eigenvalue weighted by atomic mass is 32.2. The third-order valence-corrected chi connectivity index (χ3v) is 17.6. The lowest BCUT2D eigenvalue weighted by atomic mass is 9.32. The van der Waals surface area contributed by atoms with Crippen molar-refractivity contribution >= 4 is 41.3 Å². The van der Waals surface area contributed by atoms with E-state index < -0.39 is 35.0 Å². The van der Waals surface area contributed by atoms with Crippen molar-refractivity contribution in [1.82, 2.24) is 10.6 Å². The zero-order valence-electron chi connectivity index (χ0n) is 32.8. The van der Waals surface area contributed by atoms with Crippen LogP contribution in [-0.4, -0.2) is 83.9 Å². The highest BCUT2D eigenvalue weighted by Crippen LogP contribution is 2.77. The van der Waals surface area contributed by atoms with Crippen molar-refractivity contribution in [3.63, 3.8) is 0 Å². The molecule has 5 rings (SSSR count). The fourth-order valence-corrected chi connectivity index (χ4v) is 14.2. The van der Waals surface area contributed by atoms with Crippen LogP contribution in [0, 0.1) is 56.7 Å². The number of allylic oxidation sites excluding steroid dienone is 1. The first-order valence-electron chi connectivity index (χ1n) is 19.7. The number of nitrogens with one attached hydrogen (secondary N) is 2. The van der Waals surface area contributed by atoms with Gasteiger partial charge in [0.25, 0.3) is 0 Å². The van der Waals surface area contributed by atoms with Crippen LogP contribution in [0.1, 0.15) is 112 Å². The highest BCUT2D eigenvalue weighted by molar-refractivity contribution is 7.98. The van der Waals surface area contributed by atoms with Gasteiger partial charge in [0.1, 0.15) is 12.1 Å². The van der Waals surface area contributed by atoms with Crippen LogP contribution in [0.25, 0.3) is 0 Å². The molecular weight excluding hydrogens is 681 g/mol. The van der Waals surface area contributed by atoms with Crippen LogP contribution in [0.15, 0.2) is 12.2 Å². The number of hydrogen-bond donors (Lipinski definition) is 4. The summed E-state index contributed by atoms with van der Waals surface area (Å²) < 4.78 is 5.01. The number of carbonyl (C=O) groups is 3. The van der Waals surface area contributed by atoms with Crippen molar-refractivity contribution in [2.24, 2.45) is 56.7 Å². The molecule has 0 spiro atoms. The molecule has 0 aromatic carbocycles. The van der Waals surface area contributed by atoms with Gasteiger partial charge in [-0.3, -0.25) is 9.59 Å². The topological polar surface area (TPSA) is 125 Å². The molecule has 290 valence electrons. The maximum Gasteiger partial charge on any atom is 0.328 e. The van der Waals surface area contributed by atoms with Gasteiger partial charge in [-0.15, -0.1) is 0 Å². The van der Waals surface area contributed by atoms with Crippen molar-refractivity contribution < 1.29 is 29.3 Å². The summed E-state index contributed by atoms with van der Waals surface area (Å²) in [6.45, 7) is 16.4. The molecule has 13 atom stereocenters. The average Bonchev–Trinajstić information content (AvgIpc) is 3.51. The lowest BCUT2D eigenvalue weighted by molar-refractivity contribution is -0.252. The van der Waals surface area contributed by atoms with E-state index in [1.165, 1.54) is 7.11 Å². The number of aliphatic hydroxyl groups is 2. The molecule has 8 nitrogen and oxygen atoms in total. The summed E-state index contributed by atoms with van der Waals surface area (Å²) in [5.74, 6) is 2.17. The van der Waals surface area contributed by atoms with E-state index in [1.54, 1.807) is 23.5 Å². The van der Waals surface area contributed by atoms with E-state index in [1.807, 2.05) is 12.5 Å². The molecule has 5 aliphatic rings. The Morgan fingerprint density at radius 3 is 2.12 bits per heavy atom. The third-order valence-electron chi connectivity index (χ3n) is 16.3. The van der Waals surface area contributed by atoms with Gasteiger partial charge in [-0.05, 0) is 154 Å². The van der Waals surface area contributed by atoms with E-state index >= 15 is 0 Å². The Morgan fingerprint density at radius 2 is 1.51 bits per heavy atom. The standard InChI is InChI=1S/C41H68N2O6S2/c1-25(2)26-12-19-41(36(48)43-28(15-22-50-8)34(46)42-29(16-23-51-9)35(47)49-7)21-20-39(5)27(33(26)41)10-11-31-37(3)17-14-32(45)38(4,24-44)30(37)13-18-40(31,39)6/h26-33,44-45H,1,10-24H2,2-9H3,(H,42,46)(H,43,48)/t26-,27+,28-,29-,30+,31+,32-,33+,37-,38-,39+,40+,41-/m0/s1. The van der Waals surface area contributed by atoms with Gasteiger partial charge in [-0.1, -0.05) is 39.8 Å². The maximum absolute atomic E-state index is 14.9. The van der Waals surface area contributed by atoms with Crippen molar-refractivity contribution in [1.29, 1.82) is 0 Å². The first-order valence-corrected chi connectivity index (χ1v) is 22.4. The lowest BCUT2D eigenvalue weighted by Gasteiger charge is -2.73. The first kappa shape index (κ1) is 40.9. The quantitative estimate of drug-likeness (QED) is 0.122. The van der Waals surface area contributed by atoms with E-state index in [-0.39, 0.29) is 52.4 Å². The summed E-state index contributed by atoms with van der Waals surface area (Å²) in [7, 11) is 1.34.